The van der Waals surface area contributed by atoms with E-state index in [0.29, 0.717) is 12.1 Å². The van der Waals surface area contributed by atoms with Crippen LogP contribution < -0.4 is 5.32 Å². The van der Waals surface area contributed by atoms with Crippen molar-refractivity contribution >= 4 is 29.3 Å². The molecule has 0 bridgehead atoms. The van der Waals surface area contributed by atoms with Gasteiger partial charge in [-0.25, -0.2) is 0 Å². The van der Waals surface area contributed by atoms with Gasteiger partial charge < -0.3 is 10.4 Å². The van der Waals surface area contributed by atoms with Crippen LogP contribution in [0.4, 0.5) is 5.69 Å². The lowest BCUT2D eigenvalue weighted by atomic mass is 10.1. The number of rotatable bonds is 8. The largest absolute Gasteiger partial charge is 0.481 e. The maximum atomic E-state index is 12.3. The van der Waals surface area contributed by atoms with Crippen molar-refractivity contribution < 1.29 is 14.7 Å². The molecule has 5 heteroatoms. The standard InChI is InChI=1S/C19H21NO3S/c1-14(24-13-16-6-3-2-4-7-16)19(23)20-17-9-5-8-15(12-17)10-11-18(21)22/h2-9,12,14H,10-11,13H2,1H3,(H,20,23)(H,21,22). The summed E-state index contributed by atoms with van der Waals surface area (Å²) in [6.07, 6.45) is 0.540. The van der Waals surface area contributed by atoms with E-state index in [1.54, 1.807) is 11.8 Å². The van der Waals surface area contributed by atoms with E-state index in [1.165, 1.54) is 5.56 Å². The summed E-state index contributed by atoms with van der Waals surface area (Å²) in [6.45, 7) is 1.89. The van der Waals surface area contributed by atoms with E-state index in [4.69, 9.17) is 5.11 Å². The molecule has 2 N–H and O–H groups in total. The quantitative estimate of drug-likeness (QED) is 0.761. The summed E-state index contributed by atoms with van der Waals surface area (Å²) in [7, 11) is 0. The molecule has 0 aliphatic rings. The molecule has 0 radical (unpaired) electrons. The molecule has 0 spiro atoms. The van der Waals surface area contributed by atoms with Gasteiger partial charge in [0.05, 0.1) is 5.25 Å². The second-order valence-electron chi connectivity index (χ2n) is 5.52. The fraction of sp³-hybridized carbons (Fsp3) is 0.263. The lowest BCUT2D eigenvalue weighted by Gasteiger charge is -2.13. The van der Waals surface area contributed by atoms with E-state index in [2.05, 4.69) is 5.32 Å². The SMILES string of the molecule is CC(SCc1ccccc1)C(=O)Nc1cccc(CCC(=O)O)c1. The molecular weight excluding hydrogens is 322 g/mol. The second-order valence-corrected chi connectivity index (χ2v) is 6.85. The number of benzene rings is 2. The third-order valence-corrected chi connectivity index (χ3v) is 4.75. The van der Waals surface area contributed by atoms with Gasteiger partial charge in [-0.05, 0) is 36.6 Å². The van der Waals surface area contributed by atoms with Crippen LogP contribution in [0.25, 0.3) is 0 Å². The van der Waals surface area contributed by atoms with Crippen LogP contribution in [0.3, 0.4) is 0 Å². The zero-order valence-electron chi connectivity index (χ0n) is 13.6. The molecule has 4 nitrogen and oxygen atoms in total. The van der Waals surface area contributed by atoms with E-state index in [9.17, 15) is 9.59 Å². The Bertz CT molecular complexity index is 688. The van der Waals surface area contributed by atoms with E-state index < -0.39 is 5.97 Å². The minimum absolute atomic E-state index is 0.0497. The first-order valence-electron chi connectivity index (χ1n) is 7.81. The van der Waals surface area contributed by atoms with Gasteiger partial charge in [0.1, 0.15) is 0 Å². The van der Waals surface area contributed by atoms with Crippen molar-refractivity contribution in [2.24, 2.45) is 0 Å². The Morgan fingerprint density at radius 3 is 2.50 bits per heavy atom. The Kier molecular flexibility index (Phi) is 6.88. The highest BCUT2D eigenvalue weighted by Gasteiger charge is 2.14. The van der Waals surface area contributed by atoms with Crippen molar-refractivity contribution in [2.75, 3.05) is 5.32 Å². The Balaban J connectivity index is 1.86. The molecule has 0 saturated carbocycles. The van der Waals surface area contributed by atoms with Gasteiger partial charge in [-0.1, -0.05) is 42.5 Å². The van der Waals surface area contributed by atoms with Crippen LogP contribution in [0.15, 0.2) is 54.6 Å². The van der Waals surface area contributed by atoms with E-state index in [-0.39, 0.29) is 17.6 Å². The topological polar surface area (TPSA) is 66.4 Å². The van der Waals surface area contributed by atoms with Gasteiger partial charge in [-0.15, -0.1) is 11.8 Å². The van der Waals surface area contributed by atoms with Gasteiger partial charge in [0.25, 0.3) is 0 Å². The number of carbonyl (C=O) groups excluding carboxylic acids is 1. The molecule has 1 atom stereocenters. The van der Waals surface area contributed by atoms with Crippen LogP contribution >= 0.6 is 11.8 Å². The van der Waals surface area contributed by atoms with Crippen LogP contribution in [0.2, 0.25) is 0 Å². The average Bonchev–Trinajstić information content (AvgIpc) is 2.59. The molecule has 126 valence electrons. The van der Waals surface area contributed by atoms with E-state index in [0.717, 1.165) is 11.3 Å². The molecule has 2 rings (SSSR count). The molecule has 0 aromatic heterocycles. The number of carboxylic acids is 1. The Hall–Kier alpha value is -2.27. The minimum atomic E-state index is -0.824. The number of hydrogen-bond donors (Lipinski definition) is 2. The van der Waals surface area contributed by atoms with Gasteiger partial charge >= 0.3 is 5.97 Å². The summed E-state index contributed by atoms with van der Waals surface area (Å²) in [6, 6.07) is 17.4. The predicted molar refractivity (Wildman–Crippen MR) is 98.2 cm³/mol. The zero-order chi connectivity index (χ0) is 17.4. The summed E-state index contributed by atoms with van der Waals surface area (Å²) in [4.78, 5) is 22.9. The minimum Gasteiger partial charge on any atom is -0.481 e. The lowest BCUT2D eigenvalue weighted by molar-refractivity contribution is -0.137. The Morgan fingerprint density at radius 1 is 1.08 bits per heavy atom. The molecule has 1 unspecified atom stereocenters. The highest BCUT2D eigenvalue weighted by Crippen LogP contribution is 2.20. The third-order valence-electron chi connectivity index (χ3n) is 3.53. The predicted octanol–water partition coefficient (Wildman–Crippen LogP) is 3.96. The molecule has 2 aromatic carbocycles. The zero-order valence-corrected chi connectivity index (χ0v) is 14.4. The summed E-state index contributed by atoms with van der Waals surface area (Å²) in [5.74, 6) is -0.0876. The maximum Gasteiger partial charge on any atom is 0.303 e. The fourth-order valence-corrected chi connectivity index (χ4v) is 3.02. The second kappa shape index (κ2) is 9.13. The van der Waals surface area contributed by atoms with Gasteiger partial charge in [-0.2, -0.15) is 0 Å². The molecule has 1 amide bonds. The van der Waals surface area contributed by atoms with Gasteiger partial charge in [0, 0.05) is 17.9 Å². The monoisotopic (exact) mass is 343 g/mol. The normalized spacial score (nSPS) is 11.7. The van der Waals surface area contributed by atoms with Crippen LogP contribution in [-0.2, 0) is 21.8 Å². The van der Waals surface area contributed by atoms with Crippen LogP contribution in [0, 0.1) is 0 Å². The third kappa shape index (κ3) is 6.08. The fourth-order valence-electron chi connectivity index (χ4n) is 2.17. The Morgan fingerprint density at radius 2 is 1.79 bits per heavy atom. The number of anilines is 1. The molecular formula is C19H21NO3S. The van der Waals surface area contributed by atoms with Crippen LogP contribution in [-0.4, -0.2) is 22.2 Å². The molecule has 0 aliphatic heterocycles. The number of aryl methyl sites for hydroxylation is 1. The number of hydrogen-bond acceptors (Lipinski definition) is 3. The number of carbonyl (C=O) groups is 2. The first-order chi connectivity index (χ1) is 11.5. The van der Waals surface area contributed by atoms with Crippen molar-refractivity contribution in [2.45, 2.75) is 30.8 Å². The summed E-state index contributed by atoms with van der Waals surface area (Å²) < 4.78 is 0. The average molecular weight is 343 g/mol. The first kappa shape index (κ1) is 18.1. The summed E-state index contributed by atoms with van der Waals surface area (Å²) in [5.41, 5.74) is 2.80. The number of nitrogens with one attached hydrogen (secondary N) is 1. The molecule has 0 fully saturated rings. The van der Waals surface area contributed by atoms with Gasteiger partial charge in [-0.3, -0.25) is 9.59 Å². The van der Waals surface area contributed by atoms with Crippen molar-refractivity contribution in [3.8, 4) is 0 Å². The first-order valence-corrected chi connectivity index (χ1v) is 8.86. The number of carboxylic acid groups (broad SMARTS) is 1. The van der Waals surface area contributed by atoms with Gasteiger partial charge in [0.2, 0.25) is 5.91 Å². The van der Waals surface area contributed by atoms with Crippen molar-refractivity contribution in [1.29, 1.82) is 0 Å². The van der Waals surface area contributed by atoms with Gasteiger partial charge in [0.15, 0.2) is 0 Å². The molecule has 0 saturated heterocycles. The van der Waals surface area contributed by atoms with Crippen LogP contribution in [0.1, 0.15) is 24.5 Å². The van der Waals surface area contributed by atoms with Crippen molar-refractivity contribution in [1.82, 2.24) is 0 Å². The van der Waals surface area contributed by atoms with Crippen molar-refractivity contribution in [3.05, 3.63) is 65.7 Å². The highest BCUT2D eigenvalue weighted by molar-refractivity contribution is 7.99. The molecule has 0 aliphatic carbocycles. The Labute approximate surface area is 146 Å². The summed E-state index contributed by atoms with van der Waals surface area (Å²) in [5, 5.41) is 11.5. The van der Waals surface area contributed by atoms with E-state index >= 15 is 0 Å². The molecule has 0 heterocycles. The molecule has 24 heavy (non-hydrogen) atoms. The summed E-state index contributed by atoms with van der Waals surface area (Å²) >= 11 is 1.59. The van der Waals surface area contributed by atoms with E-state index in [1.807, 2.05) is 61.5 Å². The molecule has 2 aromatic rings. The number of aliphatic carboxylic acids is 1. The maximum absolute atomic E-state index is 12.3. The number of thioether (sulfide) groups is 1. The highest BCUT2D eigenvalue weighted by atomic mass is 32.2. The van der Waals surface area contributed by atoms with Crippen molar-refractivity contribution in [3.63, 3.8) is 0 Å². The number of amides is 1. The smallest absolute Gasteiger partial charge is 0.303 e. The lowest BCUT2D eigenvalue weighted by Crippen LogP contribution is -2.22. The van der Waals surface area contributed by atoms with Crippen LogP contribution in [0.5, 0.6) is 0 Å².